The van der Waals surface area contributed by atoms with E-state index in [1.165, 1.54) is 0 Å². The lowest BCUT2D eigenvalue weighted by Gasteiger charge is -2.26. The second kappa shape index (κ2) is 3.73. The van der Waals surface area contributed by atoms with Gasteiger partial charge in [0, 0.05) is 0 Å². The van der Waals surface area contributed by atoms with Crippen LogP contribution < -0.4 is 0 Å². The Morgan fingerprint density at radius 3 is 2.47 bits per heavy atom. The molecule has 0 bridgehead atoms. The molecular weight excluding hydrogens is 188 g/mol. The van der Waals surface area contributed by atoms with Crippen molar-refractivity contribution in [2.45, 2.75) is 11.8 Å². The first-order chi connectivity index (χ1) is 7.26. The van der Waals surface area contributed by atoms with Gasteiger partial charge in [0.25, 0.3) is 0 Å². The number of hydrogen-bond acceptors (Lipinski definition) is 1. The van der Waals surface area contributed by atoms with Gasteiger partial charge in [-0.05, 0) is 12.0 Å². The van der Waals surface area contributed by atoms with Crippen LogP contribution in [0.15, 0.2) is 54.6 Å². The SMILES string of the molecule is O=C(O)C1(c2ccccc2)C=CC=CC1. The first-order valence-electron chi connectivity index (χ1n) is 4.89. The Labute approximate surface area is 88.6 Å². The van der Waals surface area contributed by atoms with E-state index < -0.39 is 11.4 Å². The Balaban J connectivity index is 2.49. The van der Waals surface area contributed by atoms with Crippen LogP contribution in [0, 0.1) is 0 Å². The molecule has 15 heavy (non-hydrogen) atoms. The van der Waals surface area contributed by atoms with Crippen molar-refractivity contribution in [3.63, 3.8) is 0 Å². The van der Waals surface area contributed by atoms with E-state index in [0.29, 0.717) is 6.42 Å². The Hall–Kier alpha value is -1.83. The second-order valence-electron chi connectivity index (χ2n) is 3.63. The molecule has 2 rings (SSSR count). The van der Waals surface area contributed by atoms with E-state index in [4.69, 9.17) is 0 Å². The predicted molar refractivity (Wildman–Crippen MR) is 58.7 cm³/mol. The van der Waals surface area contributed by atoms with E-state index in [9.17, 15) is 9.90 Å². The largest absolute Gasteiger partial charge is 0.480 e. The number of hydrogen-bond donors (Lipinski definition) is 1. The van der Waals surface area contributed by atoms with Crippen molar-refractivity contribution in [3.05, 3.63) is 60.2 Å². The molecule has 76 valence electrons. The van der Waals surface area contributed by atoms with Crippen LogP contribution in [-0.2, 0) is 10.2 Å². The highest BCUT2D eigenvalue weighted by Crippen LogP contribution is 2.32. The Bertz CT molecular complexity index is 417. The molecule has 1 aliphatic carbocycles. The van der Waals surface area contributed by atoms with Gasteiger partial charge in [0.15, 0.2) is 0 Å². The Morgan fingerprint density at radius 2 is 1.93 bits per heavy atom. The number of benzene rings is 1. The number of rotatable bonds is 2. The number of allylic oxidation sites excluding steroid dienone is 3. The predicted octanol–water partition coefficient (Wildman–Crippen LogP) is 2.53. The van der Waals surface area contributed by atoms with E-state index >= 15 is 0 Å². The summed E-state index contributed by atoms with van der Waals surface area (Å²) in [5.41, 5.74) is -0.0474. The van der Waals surface area contributed by atoms with Crippen LogP contribution >= 0.6 is 0 Å². The summed E-state index contributed by atoms with van der Waals surface area (Å²) in [5.74, 6) is -0.797. The lowest BCUT2D eigenvalue weighted by atomic mass is 9.75. The molecule has 0 fully saturated rings. The van der Waals surface area contributed by atoms with Crippen molar-refractivity contribution >= 4 is 5.97 Å². The maximum absolute atomic E-state index is 11.4. The zero-order chi connectivity index (χ0) is 10.7. The standard InChI is InChI=1S/C13H12O2/c14-12(15)13(9-5-2-6-10-13)11-7-3-1-4-8-11/h1-9H,10H2,(H,14,15). The van der Waals surface area contributed by atoms with E-state index in [1.807, 2.05) is 42.5 Å². The molecule has 1 N–H and O–H groups in total. The van der Waals surface area contributed by atoms with Crippen LogP contribution in [0.3, 0.4) is 0 Å². The lowest BCUT2D eigenvalue weighted by molar-refractivity contribution is -0.141. The van der Waals surface area contributed by atoms with Crippen LogP contribution in [0.5, 0.6) is 0 Å². The van der Waals surface area contributed by atoms with Gasteiger partial charge in [-0.1, -0.05) is 54.6 Å². The molecular formula is C13H12O2. The van der Waals surface area contributed by atoms with Gasteiger partial charge < -0.3 is 5.11 Å². The van der Waals surface area contributed by atoms with E-state index in [0.717, 1.165) is 5.56 Å². The van der Waals surface area contributed by atoms with Crippen molar-refractivity contribution in [2.24, 2.45) is 0 Å². The molecule has 1 aliphatic rings. The summed E-state index contributed by atoms with van der Waals surface area (Å²) in [7, 11) is 0. The zero-order valence-corrected chi connectivity index (χ0v) is 8.26. The van der Waals surface area contributed by atoms with Crippen molar-refractivity contribution in [3.8, 4) is 0 Å². The van der Waals surface area contributed by atoms with Crippen molar-refractivity contribution in [2.75, 3.05) is 0 Å². The molecule has 1 aromatic rings. The summed E-state index contributed by atoms with van der Waals surface area (Å²) >= 11 is 0. The molecule has 2 nitrogen and oxygen atoms in total. The minimum atomic E-state index is -0.879. The van der Waals surface area contributed by atoms with Crippen LogP contribution in [0.25, 0.3) is 0 Å². The van der Waals surface area contributed by atoms with Gasteiger partial charge in [-0.2, -0.15) is 0 Å². The average molecular weight is 200 g/mol. The van der Waals surface area contributed by atoms with Gasteiger partial charge in [0.05, 0.1) is 0 Å². The first kappa shape index (κ1) is 9.71. The molecule has 0 radical (unpaired) electrons. The highest BCUT2D eigenvalue weighted by molar-refractivity contribution is 5.84. The fraction of sp³-hybridized carbons (Fsp3) is 0.154. The molecule has 0 aromatic heterocycles. The molecule has 1 aromatic carbocycles. The fourth-order valence-corrected chi connectivity index (χ4v) is 1.85. The first-order valence-corrected chi connectivity index (χ1v) is 4.89. The van der Waals surface area contributed by atoms with Gasteiger partial charge in [-0.25, -0.2) is 0 Å². The zero-order valence-electron chi connectivity index (χ0n) is 8.26. The minimum Gasteiger partial charge on any atom is -0.480 e. The number of carboxylic acid groups (broad SMARTS) is 1. The maximum Gasteiger partial charge on any atom is 0.318 e. The lowest BCUT2D eigenvalue weighted by Crippen LogP contribution is -2.34. The number of aliphatic carboxylic acids is 1. The Morgan fingerprint density at radius 1 is 1.20 bits per heavy atom. The molecule has 0 spiro atoms. The number of carbonyl (C=O) groups is 1. The summed E-state index contributed by atoms with van der Waals surface area (Å²) in [6.07, 6.45) is 7.84. The molecule has 0 saturated carbocycles. The third-order valence-corrected chi connectivity index (χ3v) is 2.74. The summed E-state index contributed by atoms with van der Waals surface area (Å²) in [4.78, 5) is 11.4. The molecule has 1 unspecified atom stereocenters. The molecule has 0 heterocycles. The van der Waals surface area contributed by atoms with E-state index in [2.05, 4.69) is 0 Å². The van der Waals surface area contributed by atoms with Crippen LogP contribution in [-0.4, -0.2) is 11.1 Å². The van der Waals surface area contributed by atoms with Crippen LogP contribution in [0.2, 0.25) is 0 Å². The Kier molecular flexibility index (Phi) is 2.42. The van der Waals surface area contributed by atoms with Gasteiger partial charge in [0.1, 0.15) is 5.41 Å². The van der Waals surface area contributed by atoms with Gasteiger partial charge in [-0.3, -0.25) is 4.79 Å². The van der Waals surface area contributed by atoms with Crippen molar-refractivity contribution in [1.29, 1.82) is 0 Å². The minimum absolute atomic E-state index is 0.517. The second-order valence-corrected chi connectivity index (χ2v) is 3.63. The van der Waals surface area contributed by atoms with Crippen LogP contribution in [0.1, 0.15) is 12.0 Å². The van der Waals surface area contributed by atoms with Crippen molar-refractivity contribution < 1.29 is 9.90 Å². The molecule has 0 aliphatic heterocycles. The normalized spacial score (nSPS) is 24.0. The molecule has 1 atom stereocenters. The topological polar surface area (TPSA) is 37.3 Å². The van der Waals surface area contributed by atoms with Gasteiger partial charge >= 0.3 is 5.97 Å². The number of carboxylic acids is 1. The summed E-state index contributed by atoms with van der Waals surface area (Å²) in [6, 6.07) is 9.34. The maximum atomic E-state index is 11.4. The van der Waals surface area contributed by atoms with Crippen molar-refractivity contribution in [1.82, 2.24) is 0 Å². The quantitative estimate of drug-likeness (QED) is 0.796. The fourth-order valence-electron chi connectivity index (χ4n) is 1.85. The smallest absolute Gasteiger partial charge is 0.318 e. The van der Waals surface area contributed by atoms with Gasteiger partial charge in [-0.15, -0.1) is 0 Å². The summed E-state index contributed by atoms with van der Waals surface area (Å²) < 4.78 is 0. The monoisotopic (exact) mass is 200 g/mol. The van der Waals surface area contributed by atoms with Gasteiger partial charge in [0.2, 0.25) is 0 Å². The average Bonchev–Trinajstić information content (AvgIpc) is 2.31. The molecule has 0 saturated heterocycles. The van der Waals surface area contributed by atoms with E-state index in [-0.39, 0.29) is 0 Å². The highest BCUT2D eigenvalue weighted by Gasteiger charge is 2.37. The summed E-state index contributed by atoms with van der Waals surface area (Å²) in [5, 5.41) is 9.36. The third-order valence-electron chi connectivity index (χ3n) is 2.74. The van der Waals surface area contributed by atoms with Crippen LogP contribution in [0.4, 0.5) is 0 Å². The van der Waals surface area contributed by atoms with E-state index in [1.54, 1.807) is 12.2 Å². The third kappa shape index (κ3) is 1.59. The molecule has 2 heteroatoms. The highest BCUT2D eigenvalue weighted by atomic mass is 16.4. The summed E-state index contributed by atoms with van der Waals surface area (Å²) in [6.45, 7) is 0. The molecule has 0 amide bonds.